The predicted octanol–water partition coefficient (Wildman–Crippen LogP) is 6.08. The van der Waals surface area contributed by atoms with E-state index in [2.05, 4.69) is 15.0 Å². The van der Waals surface area contributed by atoms with E-state index in [0.717, 1.165) is 0 Å². The molecule has 3 aromatic rings. The lowest BCUT2D eigenvalue weighted by molar-refractivity contribution is 0.102. The van der Waals surface area contributed by atoms with Crippen LogP contribution in [0.4, 0.5) is 9.18 Å². The van der Waals surface area contributed by atoms with E-state index in [-0.39, 0.29) is 23.1 Å². The van der Waals surface area contributed by atoms with Crippen molar-refractivity contribution in [2.75, 3.05) is 7.11 Å². The highest BCUT2D eigenvalue weighted by molar-refractivity contribution is 7.14. The molecule has 1 atom stereocenters. The quantitative estimate of drug-likeness (QED) is 0.233. The van der Waals surface area contributed by atoms with Crippen molar-refractivity contribution in [1.82, 2.24) is 10.3 Å². The van der Waals surface area contributed by atoms with Crippen molar-refractivity contribution in [2.24, 2.45) is 0 Å². The van der Waals surface area contributed by atoms with E-state index >= 15 is 0 Å². The van der Waals surface area contributed by atoms with E-state index in [4.69, 9.17) is 9.15 Å². The number of carbonyl (C=O) groups is 2. The number of aromatic hydroxyl groups is 1. The number of hydrogen-bond acceptors (Lipinski definition) is 9. The minimum absolute atomic E-state index is 0.191. The molecule has 0 saturated heterocycles. The van der Waals surface area contributed by atoms with E-state index in [1.165, 1.54) is 61.9 Å². The van der Waals surface area contributed by atoms with Crippen LogP contribution >= 0.6 is 11.3 Å². The summed E-state index contributed by atoms with van der Waals surface area (Å²) in [5, 5.41) is 13.2. The van der Waals surface area contributed by atoms with E-state index in [1.54, 1.807) is 19.1 Å². The number of hydrogen-bond donors (Lipinski definition) is 2. The summed E-state index contributed by atoms with van der Waals surface area (Å²) in [7, 11) is 1.26. The standard InChI is InChI=1S/C27H27FN2O7S/c1-15(7-5-6-12-29-26(34)35-4)21-14-20(31)23(25(33)37-21)24(32)16(2)13-22-17(3)30-27(38-22)36-19-10-8-18(28)9-11-19/h6,8-15,31H,5,7H2,1-4H3,(H,29,34)/b12-6+,16-13?. The number of carbonyl (C=O) groups excluding carboxylic acids is 2. The topological polar surface area (TPSA) is 128 Å². The molecule has 200 valence electrons. The molecule has 3 rings (SSSR count). The fourth-order valence-corrected chi connectivity index (χ4v) is 4.27. The molecule has 9 nitrogen and oxygen atoms in total. The monoisotopic (exact) mass is 542 g/mol. The molecule has 0 aliphatic carbocycles. The number of ketones is 1. The van der Waals surface area contributed by atoms with Gasteiger partial charge >= 0.3 is 11.7 Å². The lowest BCUT2D eigenvalue weighted by Crippen LogP contribution is -2.16. The first-order chi connectivity index (χ1) is 18.1. The largest absolute Gasteiger partial charge is 0.507 e. The van der Waals surface area contributed by atoms with Crippen LogP contribution < -0.4 is 15.7 Å². The first-order valence-corrected chi connectivity index (χ1v) is 12.4. The van der Waals surface area contributed by atoms with E-state index in [1.807, 2.05) is 6.92 Å². The predicted molar refractivity (Wildman–Crippen MR) is 140 cm³/mol. The van der Waals surface area contributed by atoms with Crippen LogP contribution in [0.3, 0.4) is 0 Å². The summed E-state index contributed by atoms with van der Waals surface area (Å²) in [5.41, 5.74) is -0.608. The Balaban J connectivity index is 1.71. The lowest BCUT2D eigenvalue weighted by Gasteiger charge is -2.11. The van der Waals surface area contributed by atoms with Crippen LogP contribution in [0.2, 0.25) is 0 Å². The number of thiazole rings is 1. The van der Waals surface area contributed by atoms with Crippen LogP contribution in [-0.2, 0) is 4.74 Å². The normalized spacial score (nSPS) is 12.4. The second kappa shape index (κ2) is 12.8. The lowest BCUT2D eigenvalue weighted by atomic mass is 10.00. The Hall–Kier alpha value is -4.25. The number of halogens is 1. The second-order valence-corrected chi connectivity index (χ2v) is 9.35. The Kier molecular flexibility index (Phi) is 9.55. The molecule has 1 amide bonds. The summed E-state index contributed by atoms with van der Waals surface area (Å²) in [4.78, 5) is 41.6. The minimum Gasteiger partial charge on any atom is -0.507 e. The zero-order chi connectivity index (χ0) is 27.8. The number of alkyl carbamates (subject to hydrolysis) is 1. The molecule has 11 heteroatoms. The first-order valence-electron chi connectivity index (χ1n) is 11.6. The summed E-state index contributed by atoms with van der Waals surface area (Å²) >= 11 is 1.17. The molecular formula is C27H27FN2O7S. The maximum absolute atomic E-state index is 13.1. The number of Topliss-reactive ketones (excluding diaryl/α,β-unsaturated/α-hetero) is 1. The molecule has 2 heterocycles. The average Bonchev–Trinajstić information content (AvgIpc) is 3.22. The molecule has 0 radical (unpaired) electrons. The van der Waals surface area contributed by atoms with Crippen molar-refractivity contribution in [3.8, 4) is 16.7 Å². The van der Waals surface area contributed by atoms with Crippen LogP contribution in [0.15, 0.2) is 57.4 Å². The molecule has 1 aromatic carbocycles. The molecule has 0 aliphatic heterocycles. The fourth-order valence-electron chi connectivity index (χ4n) is 3.33. The van der Waals surface area contributed by atoms with Crippen molar-refractivity contribution < 1.29 is 33.0 Å². The zero-order valence-electron chi connectivity index (χ0n) is 21.2. The smallest absolute Gasteiger partial charge is 0.410 e. The molecule has 2 aromatic heterocycles. The van der Waals surface area contributed by atoms with Gasteiger partial charge in [-0.05, 0) is 62.6 Å². The van der Waals surface area contributed by atoms with Gasteiger partial charge in [-0.15, -0.1) is 0 Å². The number of benzene rings is 1. The molecule has 1 unspecified atom stereocenters. The van der Waals surface area contributed by atoms with Gasteiger partial charge in [-0.3, -0.25) is 10.1 Å². The minimum atomic E-state index is -0.936. The number of allylic oxidation sites excluding steroid dienone is 2. The number of rotatable bonds is 10. The van der Waals surface area contributed by atoms with Crippen molar-refractivity contribution in [3.05, 3.63) is 86.3 Å². The molecular weight excluding hydrogens is 515 g/mol. The summed E-state index contributed by atoms with van der Waals surface area (Å²) < 4.78 is 28.6. The Morgan fingerprint density at radius 3 is 2.66 bits per heavy atom. The van der Waals surface area contributed by atoms with Crippen LogP contribution in [0, 0.1) is 12.7 Å². The van der Waals surface area contributed by atoms with Crippen LogP contribution in [-0.4, -0.2) is 29.1 Å². The highest BCUT2D eigenvalue weighted by Crippen LogP contribution is 2.32. The van der Waals surface area contributed by atoms with Crippen molar-refractivity contribution in [2.45, 2.75) is 39.5 Å². The summed E-state index contributed by atoms with van der Waals surface area (Å²) in [6, 6.07) is 6.76. The molecule has 0 bridgehead atoms. The van der Waals surface area contributed by atoms with Gasteiger partial charge in [-0.2, -0.15) is 0 Å². The van der Waals surface area contributed by atoms with Crippen LogP contribution in [0.25, 0.3) is 6.08 Å². The average molecular weight is 543 g/mol. The summed E-state index contributed by atoms with van der Waals surface area (Å²) in [6.45, 7) is 5.07. The third kappa shape index (κ3) is 7.39. The van der Waals surface area contributed by atoms with Crippen LogP contribution in [0.1, 0.15) is 59.3 Å². The highest BCUT2D eigenvalue weighted by Gasteiger charge is 2.22. The van der Waals surface area contributed by atoms with Gasteiger partial charge in [0.1, 0.15) is 28.6 Å². The Morgan fingerprint density at radius 2 is 2.00 bits per heavy atom. The molecule has 38 heavy (non-hydrogen) atoms. The Morgan fingerprint density at radius 1 is 1.29 bits per heavy atom. The molecule has 0 saturated carbocycles. The summed E-state index contributed by atoms with van der Waals surface area (Å²) in [6.07, 6.45) is 5.25. The van der Waals surface area contributed by atoms with Crippen LogP contribution in [0.5, 0.6) is 16.7 Å². The zero-order valence-corrected chi connectivity index (χ0v) is 22.1. The van der Waals surface area contributed by atoms with Crippen molar-refractivity contribution >= 4 is 29.3 Å². The third-order valence-corrected chi connectivity index (χ3v) is 6.45. The number of aromatic nitrogens is 1. The molecule has 2 N–H and O–H groups in total. The number of methoxy groups -OCH3 is 1. The molecule has 0 fully saturated rings. The summed E-state index contributed by atoms with van der Waals surface area (Å²) in [5.74, 6) is -1.12. The Labute approximate surface area is 222 Å². The first kappa shape index (κ1) is 28.3. The van der Waals surface area contributed by atoms with E-state index in [0.29, 0.717) is 34.4 Å². The number of nitrogens with zero attached hydrogens (tertiary/aromatic N) is 1. The number of amides is 1. The van der Waals surface area contributed by atoms with Crippen molar-refractivity contribution in [3.63, 3.8) is 0 Å². The van der Waals surface area contributed by atoms with Gasteiger partial charge in [0, 0.05) is 18.2 Å². The van der Waals surface area contributed by atoms with Gasteiger partial charge in [0.25, 0.3) is 5.19 Å². The van der Waals surface area contributed by atoms with Crippen molar-refractivity contribution in [1.29, 1.82) is 0 Å². The SMILES string of the molecule is COC(=O)N/C=C/CCC(C)c1cc(O)c(C(=O)C(C)=Cc2sc(Oc3ccc(F)cc3)nc2C)c(=O)o1. The third-order valence-electron chi connectivity index (χ3n) is 5.47. The second-order valence-electron chi connectivity index (χ2n) is 8.36. The van der Waals surface area contributed by atoms with Gasteiger partial charge in [0.15, 0.2) is 5.78 Å². The number of aryl methyl sites for hydroxylation is 1. The van der Waals surface area contributed by atoms with Gasteiger partial charge in [0.2, 0.25) is 0 Å². The van der Waals surface area contributed by atoms with Gasteiger partial charge in [-0.25, -0.2) is 19.0 Å². The number of ether oxygens (including phenoxy) is 2. The Bertz CT molecular complexity index is 1420. The maximum atomic E-state index is 13.1. The highest BCUT2D eigenvalue weighted by atomic mass is 32.1. The maximum Gasteiger partial charge on any atom is 0.410 e. The van der Waals surface area contributed by atoms with E-state index in [9.17, 15) is 23.9 Å². The van der Waals surface area contributed by atoms with Gasteiger partial charge in [-0.1, -0.05) is 24.3 Å². The fraction of sp³-hybridized carbons (Fsp3) is 0.259. The van der Waals surface area contributed by atoms with Gasteiger partial charge in [0.05, 0.1) is 17.7 Å². The van der Waals surface area contributed by atoms with E-state index < -0.39 is 28.8 Å². The molecule has 0 spiro atoms. The molecule has 0 aliphatic rings. The van der Waals surface area contributed by atoms with Gasteiger partial charge < -0.3 is 19.0 Å². The number of nitrogens with one attached hydrogen (secondary N) is 1.